The van der Waals surface area contributed by atoms with Crippen molar-refractivity contribution in [3.05, 3.63) is 12.7 Å². The molecule has 0 radical (unpaired) electrons. The summed E-state index contributed by atoms with van der Waals surface area (Å²) in [5.41, 5.74) is 0. The fourth-order valence-corrected chi connectivity index (χ4v) is 1.84. The summed E-state index contributed by atoms with van der Waals surface area (Å²) in [6, 6.07) is 2.56. The van der Waals surface area contributed by atoms with Crippen molar-refractivity contribution < 1.29 is 0 Å². The number of rotatable bonds is 4. The van der Waals surface area contributed by atoms with Crippen LogP contribution < -0.4 is 0 Å². The number of nitrogens with zero attached hydrogens (tertiary/aromatic N) is 2. The van der Waals surface area contributed by atoms with Crippen LogP contribution in [-0.4, -0.2) is 24.0 Å². The number of hydrogen-bond donors (Lipinski definition) is 0. The van der Waals surface area contributed by atoms with E-state index in [-0.39, 0.29) is 6.04 Å². The lowest BCUT2D eigenvalue weighted by Crippen LogP contribution is -2.39. The molecule has 1 aliphatic heterocycles. The number of hydrogen-bond acceptors (Lipinski definition) is 2. The monoisotopic (exact) mass is 178 g/mol. The number of unbranched alkanes of at least 4 members (excludes halogenated alkanes) is 1. The predicted molar refractivity (Wildman–Crippen MR) is 54.3 cm³/mol. The van der Waals surface area contributed by atoms with Crippen LogP contribution in [0.2, 0.25) is 0 Å². The van der Waals surface area contributed by atoms with E-state index in [1.807, 2.05) is 6.08 Å². The third kappa shape index (κ3) is 3.20. The zero-order chi connectivity index (χ0) is 9.52. The zero-order valence-corrected chi connectivity index (χ0v) is 8.21. The third-order valence-electron chi connectivity index (χ3n) is 2.62. The molecule has 1 unspecified atom stereocenters. The first-order valence-corrected chi connectivity index (χ1v) is 5.13. The van der Waals surface area contributed by atoms with E-state index in [1.165, 1.54) is 12.8 Å². The molecule has 0 amide bonds. The first-order chi connectivity index (χ1) is 6.38. The minimum Gasteiger partial charge on any atom is -0.288 e. The van der Waals surface area contributed by atoms with Gasteiger partial charge in [-0.1, -0.05) is 6.08 Å². The SMILES string of the molecule is C=CCCCN1CCCCC1C#N. The molecule has 0 N–H and O–H groups in total. The Morgan fingerprint density at radius 3 is 3.08 bits per heavy atom. The normalized spacial score (nSPS) is 23.8. The summed E-state index contributed by atoms with van der Waals surface area (Å²) in [6.07, 6.45) is 7.69. The van der Waals surface area contributed by atoms with Crippen molar-refractivity contribution in [1.82, 2.24) is 4.90 Å². The fourth-order valence-electron chi connectivity index (χ4n) is 1.84. The summed E-state index contributed by atoms with van der Waals surface area (Å²) < 4.78 is 0. The molecule has 2 heteroatoms. The molecule has 1 rings (SSSR count). The van der Waals surface area contributed by atoms with Crippen molar-refractivity contribution in [2.24, 2.45) is 0 Å². The van der Waals surface area contributed by atoms with Crippen LogP contribution in [0.5, 0.6) is 0 Å². The molecule has 0 aromatic rings. The van der Waals surface area contributed by atoms with Crippen LogP contribution in [-0.2, 0) is 0 Å². The van der Waals surface area contributed by atoms with Crippen molar-refractivity contribution in [3.63, 3.8) is 0 Å². The maximum absolute atomic E-state index is 8.91. The number of allylic oxidation sites excluding steroid dienone is 1. The molecule has 13 heavy (non-hydrogen) atoms. The number of likely N-dealkylation sites (tertiary alicyclic amines) is 1. The number of nitriles is 1. The zero-order valence-electron chi connectivity index (χ0n) is 8.21. The van der Waals surface area contributed by atoms with Gasteiger partial charge in [-0.3, -0.25) is 4.90 Å². The molecule has 0 aliphatic carbocycles. The van der Waals surface area contributed by atoms with E-state index in [2.05, 4.69) is 17.5 Å². The van der Waals surface area contributed by atoms with Gasteiger partial charge in [0.15, 0.2) is 0 Å². The molecule has 1 heterocycles. The van der Waals surface area contributed by atoms with Gasteiger partial charge in [0.05, 0.1) is 12.1 Å². The molecule has 2 nitrogen and oxygen atoms in total. The van der Waals surface area contributed by atoms with Crippen LogP contribution in [0.1, 0.15) is 32.1 Å². The Morgan fingerprint density at radius 2 is 2.38 bits per heavy atom. The lowest BCUT2D eigenvalue weighted by Gasteiger charge is -2.30. The standard InChI is InChI=1S/C11H18N2/c1-2-3-5-8-13-9-6-4-7-11(13)10-12/h2,11H,1,3-9H2. The van der Waals surface area contributed by atoms with Gasteiger partial charge in [-0.15, -0.1) is 6.58 Å². The topological polar surface area (TPSA) is 27.0 Å². The summed E-state index contributed by atoms with van der Waals surface area (Å²) in [6.45, 7) is 5.87. The van der Waals surface area contributed by atoms with Gasteiger partial charge in [-0.25, -0.2) is 0 Å². The molecule has 1 fully saturated rings. The van der Waals surface area contributed by atoms with E-state index in [0.717, 1.165) is 32.4 Å². The second-order valence-corrected chi connectivity index (χ2v) is 3.61. The third-order valence-corrected chi connectivity index (χ3v) is 2.62. The summed E-state index contributed by atoms with van der Waals surface area (Å²) >= 11 is 0. The van der Waals surface area contributed by atoms with Crippen LogP contribution in [0.3, 0.4) is 0 Å². The first-order valence-electron chi connectivity index (χ1n) is 5.13. The minimum atomic E-state index is 0.179. The van der Waals surface area contributed by atoms with Crippen LogP contribution in [0.25, 0.3) is 0 Å². The maximum Gasteiger partial charge on any atom is 0.0977 e. The van der Waals surface area contributed by atoms with Gasteiger partial charge in [0.2, 0.25) is 0 Å². The Labute approximate surface area is 80.8 Å². The Bertz CT molecular complexity index is 193. The Morgan fingerprint density at radius 1 is 1.54 bits per heavy atom. The minimum absolute atomic E-state index is 0.179. The van der Waals surface area contributed by atoms with Gasteiger partial charge in [-0.2, -0.15) is 5.26 Å². The quantitative estimate of drug-likeness (QED) is 0.488. The van der Waals surface area contributed by atoms with Gasteiger partial charge in [0.1, 0.15) is 0 Å². The van der Waals surface area contributed by atoms with Gasteiger partial charge in [0.25, 0.3) is 0 Å². The molecular formula is C11H18N2. The van der Waals surface area contributed by atoms with E-state index < -0.39 is 0 Å². The molecular weight excluding hydrogens is 160 g/mol. The van der Waals surface area contributed by atoms with Crippen molar-refractivity contribution >= 4 is 0 Å². The highest BCUT2D eigenvalue weighted by Crippen LogP contribution is 2.16. The van der Waals surface area contributed by atoms with Crippen LogP contribution >= 0.6 is 0 Å². The first kappa shape index (κ1) is 10.3. The summed E-state index contributed by atoms with van der Waals surface area (Å²) in [7, 11) is 0. The molecule has 1 saturated heterocycles. The van der Waals surface area contributed by atoms with E-state index in [9.17, 15) is 0 Å². The average Bonchev–Trinajstić information content (AvgIpc) is 2.19. The van der Waals surface area contributed by atoms with Crippen molar-refractivity contribution in [3.8, 4) is 6.07 Å². The Hall–Kier alpha value is -0.810. The van der Waals surface area contributed by atoms with Crippen LogP contribution in [0.15, 0.2) is 12.7 Å². The van der Waals surface area contributed by atoms with Crippen molar-refractivity contribution in [2.75, 3.05) is 13.1 Å². The highest BCUT2D eigenvalue weighted by Gasteiger charge is 2.20. The maximum atomic E-state index is 8.91. The van der Waals surface area contributed by atoms with Crippen LogP contribution in [0.4, 0.5) is 0 Å². The highest BCUT2D eigenvalue weighted by atomic mass is 15.2. The Balaban J connectivity index is 2.28. The van der Waals surface area contributed by atoms with Gasteiger partial charge >= 0.3 is 0 Å². The van der Waals surface area contributed by atoms with Gasteiger partial charge < -0.3 is 0 Å². The molecule has 0 spiro atoms. The van der Waals surface area contributed by atoms with E-state index in [4.69, 9.17) is 5.26 Å². The van der Waals surface area contributed by atoms with Crippen molar-refractivity contribution in [2.45, 2.75) is 38.1 Å². The summed E-state index contributed by atoms with van der Waals surface area (Å²) in [5.74, 6) is 0. The molecule has 0 saturated carbocycles. The van der Waals surface area contributed by atoms with Crippen LogP contribution in [0, 0.1) is 11.3 Å². The van der Waals surface area contributed by atoms with E-state index in [1.54, 1.807) is 0 Å². The molecule has 0 aromatic heterocycles. The van der Waals surface area contributed by atoms with Gasteiger partial charge in [0, 0.05) is 0 Å². The fraction of sp³-hybridized carbons (Fsp3) is 0.727. The molecule has 72 valence electrons. The van der Waals surface area contributed by atoms with E-state index in [0.29, 0.717) is 0 Å². The van der Waals surface area contributed by atoms with Gasteiger partial charge in [-0.05, 0) is 45.2 Å². The lowest BCUT2D eigenvalue weighted by atomic mass is 10.0. The van der Waals surface area contributed by atoms with E-state index >= 15 is 0 Å². The van der Waals surface area contributed by atoms with Crippen molar-refractivity contribution in [1.29, 1.82) is 5.26 Å². The second kappa shape index (κ2) is 5.77. The smallest absolute Gasteiger partial charge is 0.0977 e. The lowest BCUT2D eigenvalue weighted by molar-refractivity contribution is 0.183. The second-order valence-electron chi connectivity index (χ2n) is 3.61. The molecule has 0 bridgehead atoms. The molecule has 1 aliphatic rings. The molecule has 1 atom stereocenters. The molecule has 0 aromatic carbocycles. The number of piperidine rings is 1. The Kier molecular flexibility index (Phi) is 4.56. The summed E-state index contributed by atoms with van der Waals surface area (Å²) in [4.78, 5) is 2.31. The average molecular weight is 178 g/mol. The largest absolute Gasteiger partial charge is 0.288 e. The highest BCUT2D eigenvalue weighted by molar-refractivity contribution is 4.94. The predicted octanol–water partition coefficient (Wildman–Crippen LogP) is 2.33. The summed E-state index contributed by atoms with van der Waals surface area (Å²) in [5, 5.41) is 8.91.